The van der Waals surface area contributed by atoms with Gasteiger partial charge in [0.25, 0.3) is 0 Å². The topological polar surface area (TPSA) is 54.7 Å². The van der Waals surface area contributed by atoms with Crippen LogP contribution in [0.3, 0.4) is 0 Å². The summed E-state index contributed by atoms with van der Waals surface area (Å²) in [6.45, 7) is 2.56. The van der Waals surface area contributed by atoms with Gasteiger partial charge in [-0.15, -0.1) is 24.0 Å². The molecule has 3 rings (SSSR count). The van der Waals surface area contributed by atoms with Gasteiger partial charge in [-0.3, -0.25) is 4.99 Å². The molecule has 0 aliphatic carbocycles. The second kappa shape index (κ2) is 9.65. The smallest absolute Gasteiger partial charge is 0.194 e. The molecular weight excluding hydrogens is 429 g/mol. The maximum Gasteiger partial charge on any atom is 0.194 e. The van der Waals surface area contributed by atoms with Crippen molar-refractivity contribution >= 4 is 29.9 Å². The Morgan fingerprint density at radius 3 is 2.60 bits per heavy atom. The molecule has 0 radical (unpaired) electrons. The van der Waals surface area contributed by atoms with E-state index in [1.165, 1.54) is 0 Å². The van der Waals surface area contributed by atoms with Crippen LogP contribution in [0.4, 0.5) is 0 Å². The lowest BCUT2D eigenvalue weighted by atomic mass is 10.1. The third-order valence-electron chi connectivity index (χ3n) is 4.32. The molecule has 136 valence electrons. The van der Waals surface area contributed by atoms with Gasteiger partial charge in [0.15, 0.2) is 5.96 Å². The molecule has 0 saturated carbocycles. The van der Waals surface area contributed by atoms with Gasteiger partial charge in [0.1, 0.15) is 17.7 Å². The monoisotopic (exact) mass is 455 g/mol. The number of aryl methyl sites for hydroxylation is 1. The van der Waals surface area contributed by atoms with E-state index in [1.54, 1.807) is 0 Å². The van der Waals surface area contributed by atoms with E-state index in [0.717, 1.165) is 43.5 Å². The van der Waals surface area contributed by atoms with Crippen molar-refractivity contribution in [2.24, 2.45) is 12.0 Å². The third-order valence-corrected chi connectivity index (χ3v) is 4.32. The van der Waals surface area contributed by atoms with Gasteiger partial charge >= 0.3 is 0 Å². The van der Waals surface area contributed by atoms with E-state index in [0.29, 0.717) is 6.54 Å². The van der Waals surface area contributed by atoms with E-state index in [9.17, 15) is 0 Å². The Kier molecular flexibility index (Phi) is 7.54. The summed E-state index contributed by atoms with van der Waals surface area (Å²) in [5.41, 5.74) is 0. The van der Waals surface area contributed by atoms with Crippen molar-refractivity contribution in [3.8, 4) is 5.75 Å². The van der Waals surface area contributed by atoms with E-state index in [2.05, 4.69) is 20.2 Å². The highest BCUT2D eigenvalue weighted by Crippen LogP contribution is 2.18. The first-order chi connectivity index (χ1) is 11.8. The van der Waals surface area contributed by atoms with Crippen LogP contribution in [0.25, 0.3) is 0 Å². The van der Waals surface area contributed by atoms with E-state index in [-0.39, 0.29) is 30.1 Å². The number of nitrogens with one attached hydrogen (secondary N) is 1. The number of benzene rings is 1. The lowest BCUT2D eigenvalue weighted by molar-refractivity contribution is 0.129. The molecule has 2 aromatic rings. The Morgan fingerprint density at radius 1 is 1.28 bits per heavy atom. The minimum absolute atomic E-state index is 0. The number of guanidine groups is 1. The number of hydrogen-bond acceptors (Lipinski definition) is 3. The Labute approximate surface area is 166 Å². The van der Waals surface area contributed by atoms with Crippen molar-refractivity contribution in [1.82, 2.24) is 19.8 Å². The van der Waals surface area contributed by atoms with Crippen molar-refractivity contribution in [3.63, 3.8) is 0 Å². The molecule has 0 unspecified atom stereocenters. The predicted molar refractivity (Wildman–Crippen MR) is 110 cm³/mol. The summed E-state index contributed by atoms with van der Waals surface area (Å²) in [6.07, 6.45) is 6.03. The van der Waals surface area contributed by atoms with Crippen LogP contribution in [-0.4, -0.2) is 46.7 Å². The molecule has 1 aromatic heterocycles. The van der Waals surface area contributed by atoms with Crippen LogP contribution in [-0.2, 0) is 13.6 Å². The van der Waals surface area contributed by atoms with Gasteiger partial charge in [-0.25, -0.2) is 4.98 Å². The number of ether oxygens (including phenoxy) is 1. The summed E-state index contributed by atoms with van der Waals surface area (Å²) in [7, 11) is 3.83. The average Bonchev–Trinajstić information content (AvgIpc) is 3.03. The number of aliphatic imine (C=N–C) groups is 1. The Morgan fingerprint density at radius 2 is 2.00 bits per heavy atom. The second-order valence-electron chi connectivity index (χ2n) is 5.97. The molecule has 1 fully saturated rings. The van der Waals surface area contributed by atoms with E-state index >= 15 is 0 Å². The number of imidazole rings is 1. The first-order valence-electron chi connectivity index (χ1n) is 8.40. The fourth-order valence-corrected chi connectivity index (χ4v) is 2.93. The minimum atomic E-state index is 0. The summed E-state index contributed by atoms with van der Waals surface area (Å²) in [5.74, 6) is 2.88. The molecule has 7 heteroatoms. The van der Waals surface area contributed by atoms with E-state index in [4.69, 9.17) is 4.74 Å². The van der Waals surface area contributed by atoms with Gasteiger partial charge in [0, 0.05) is 52.4 Å². The van der Waals surface area contributed by atoms with E-state index < -0.39 is 0 Å². The van der Waals surface area contributed by atoms with Crippen LogP contribution in [0.15, 0.2) is 47.7 Å². The highest BCUT2D eigenvalue weighted by atomic mass is 127. The molecule has 25 heavy (non-hydrogen) atoms. The van der Waals surface area contributed by atoms with Crippen molar-refractivity contribution in [2.45, 2.75) is 25.5 Å². The van der Waals surface area contributed by atoms with Gasteiger partial charge in [-0.1, -0.05) is 18.2 Å². The number of hydrogen-bond donors (Lipinski definition) is 1. The number of rotatable bonds is 4. The van der Waals surface area contributed by atoms with E-state index in [1.807, 2.05) is 61.4 Å². The average molecular weight is 455 g/mol. The summed E-state index contributed by atoms with van der Waals surface area (Å²) < 4.78 is 8.07. The lowest BCUT2D eigenvalue weighted by Crippen LogP contribution is -2.47. The highest BCUT2D eigenvalue weighted by Gasteiger charge is 2.22. The van der Waals surface area contributed by atoms with Crippen LogP contribution >= 0.6 is 24.0 Å². The molecular formula is C18H26IN5O. The molecule has 1 N–H and O–H groups in total. The Hall–Kier alpha value is -1.77. The second-order valence-corrected chi connectivity index (χ2v) is 5.97. The molecule has 1 aromatic carbocycles. The molecule has 2 heterocycles. The minimum Gasteiger partial charge on any atom is -0.490 e. The van der Waals surface area contributed by atoms with Gasteiger partial charge in [-0.2, -0.15) is 0 Å². The van der Waals surface area contributed by atoms with Gasteiger partial charge in [0.2, 0.25) is 0 Å². The quantitative estimate of drug-likeness (QED) is 0.438. The standard InChI is InChI=1S/C18H25N5O.HI/c1-19-18(21-14-17-20-10-13-22(17)2)23-11-8-16(9-12-23)24-15-6-4-3-5-7-15;/h3-7,10,13,16H,8-9,11-12,14H2,1-2H3,(H,19,21);1H. The summed E-state index contributed by atoms with van der Waals surface area (Å²) in [5, 5.41) is 3.40. The number of nitrogens with zero attached hydrogens (tertiary/aromatic N) is 4. The molecule has 0 spiro atoms. The first kappa shape index (κ1) is 19.6. The number of aromatic nitrogens is 2. The summed E-state index contributed by atoms with van der Waals surface area (Å²) in [6, 6.07) is 10.0. The fourth-order valence-electron chi connectivity index (χ4n) is 2.93. The molecule has 0 amide bonds. The number of likely N-dealkylation sites (tertiary alicyclic amines) is 1. The molecule has 1 aliphatic heterocycles. The zero-order chi connectivity index (χ0) is 16.8. The molecule has 0 bridgehead atoms. The zero-order valence-corrected chi connectivity index (χ0v) is 17.1. The first-order valence-corrected chi connectivity index (χ1v) is 8.40. The zero-order valence-electron chi connectivity index (χ0n) is 14.8. The van der Waals surface area contributed by atoms with Gasteiger partial charge in [0.05, 0.1) is 6.54 Å². The van der Waals surface area contributed by atoms with Gasteiger partial charge < -0.3 is 19.5 Å². The number of piperidine rings is 1. The van der Waals surface area contributed by atoms with Crippen LogP contribution in [0.5, 0.6) is 5.75 Å². The van der Waals surface area contributed by atoms with Crippen LogP contribution in [0.2, 0.25) is 0 Å². The van der Waals surface area contributed by atoms with Gasteiger partial charge in [-0.05, 0) is 12.1 Å². The molecule has 1 saturated heterocycles. The molecule has 6 nitrogen and oxygen atoms in total. The van der Waals surface area contributed by atoms with Crippen molar-refractivity contribution < 1.29 is 4.74 Å². The molecule has 0 atom stereocenters. The number of halogens is 1. The fraction of sp³-hybridized carbons (Fsp3) is 0.444. The third kappa shape index (κ3) is 5.35. The van der Waals surface area contributed by atoms with Crippen molar-refractivity contribution in [3.05, 3.63) is 48.5 Å². The van der Waals surface area contributed by atoms with Crippen LogP contribution < -0.4 is 10.1 Å². The lowest BCUT2D eigenvalue weighted by Gasteiger charge is -2.34. The largest absolute Gasteiger partial charge is 0.490 e. The maximum atomic E-state index is 6.05. The van der Waals surface area contributed by atoms with Crippen molar-refractivity contribution in [1.29, 1.82) is 0 Å². The predicted octanol–water partition coefficient (Wildman–Crippen LogP) is 2.66. The van der Waals surface area contributed by atoms with Crippen molar-refractivity contribution in [2.75, 3.05) is 20.1 Å². The maximum absolute atomic E-state index is 6.05. The normalized spacial score (nSPS) is 15.6. The van der Waals surface area contributed by atoms with Crippen LogP contribution in [0.1, 0.15) is 18.7 Å². The Balaban J connectivity index is 0.00000225. The van der Waals surface area contributed by atoms with Crippen LogP contribution in [0, 0.1) is 0 Å². The summed E-state index contributed by atoms with van der Waals surface area (Å²) in [4.78, 5) is 11.0. The summed E-state index contributed by atoms with van der Waals surface area (Å²) >= 11 is 0. The highest BCUT2D eigenvalue weighted by molar-refractivity contribution is 14.0. The molecule has 1 aliphatic rings. The SMILES string of the molecule is CN=C(NCc1nccn1C)N1CCC(Oc2ccccc2)CC1.I. The number of para-hydroxylation sites is 1. The Bertz CT molecular complexity index is 665.